The third-order valence-electron chi connectivity index (χ3n) is 4.25. The minimum atomic E-state index is 0.374. The number of rotatable bonds is 6. The number of hydrogen-bond donors (Lipinski definition) is 1. The van der Waals surface area contributed by atoms with Gasteiger partial charge >= 0.3 is 0 Å². The summed E-state index contributed by atoms with van der Waals surface area (Å²) < 4.78 is 6.20. The molecule has 0 bridgehead atoms. The molecule has 0 spiro atoms. The second-order valence-corrected chi connectivity index (χ2v) is 5.59. The highest BCUT2D eigenvalue weighted by atomic mass is 16.5. The molecule has 106 valence electrons. The van der Waals surface area contributed by atoms with Crippen LogP contribution in [0.1, 0.15) is 45.1 Å². The van der Waals surface area contributed by atoms with Crippen molar-refractivity contribution in [2.24, 2.45) is 5.92 Å². The van der Waals surface area contributed by atoms with Crippen LogP contribution < -0.4 is 5.32 Å². The molecular formula is C17H27NO. The highest BCUT2D eigenvalue weighted by molar-refractivity contribution is 5.13. The quantitative estimate of drug-likeness (QED) is 0.842. The van der Waals surface area contributed by atoms with E-state index in [9.17, 15) is 0 Å². The van der Waals surface area contributed by atoms with Gasteiger partial charge in [0.25, 0.3) is 0 Å². The molecule has 0 heterocycles. The Morgan fingerprint density at radius 3 is 2.63 bits per heavy atom. The average molecular weight is 261 g/mol. The van der Waals surface area contributed by atoms with Gasteiger partial charge in [0.2, 0.25) is 0 Å². The van der Waals surface area contributed by atoms with E-state index in [0.717, 1.165) is 19.1 Å². The summed E-state index contributed by atoms with van der Waals surface area (Å²) >= 11 is 0. The average Bonchev–Trinajstić information content (AvgIpc) is 2.47. The number of hydrogen-bond acceptors (Lipinski definition) is 2. The fourth-order valence-corrected chi connectivity index (χ4v) is 3.04. The summed E-state index contributed by atoms with van der Waals surface area (Å²) in [5, 5.41) is 3.59. The van der Waals surface area contributed by atoms with Crippen molar-refractivity contribution in [2.75, 3.05) is 6.54 Å². The first-order chi connectivity index (χ1) is 9.33. The molecule has 1 fully saturated rings. The summed E-state index contributed by atoms with van der Waals surface area (Å²) in [7, 11) is 0. The van der Waals surface area contributed by atoms with Crippen LogP contribution in [0.15, 0.2) is 30.3 Å². The summed E-state index contributed by atoms with van der Waals surface area (Å²) in [6.07, 6.45) is 5.47. The van der Waals surface area contributed by atoms with Crippen molar-refractivity contribution in [3.63, 3.8) is 0 Å². The SMILES string of the molecule is CCNC1CCC(CC)CC1OCc1ccccc1. The van der Waals surface area contributed by atoms with Crippen LogP contribution in [-0.2, 0) is 11.3 Å². The van der Waals surface area contributed by atoms with Gasteiger partial charge in [-0.3, -0.25) is 0 Å². The molecule has 1 N–H and O–H groups in total. The van der Waals surface area contributed by atoms with E-state index in [0.29, 0.717) is 12.1 Å². The fraction of sp³-hybridized carbons (Fsp3) is 0.647. The molecule has 1 aliphatic rings. The zero-order chi connectivity index (χ0) is 13.5. The number of ether oxygens (including phenoxy) is 1. The molecule has 19 heavy (non-hydrogen) atoms. The van der Waals surface area contributed by atoms with E-state index in [-0.39, 0.29) is 0 Å². The monoisotopic (exact) mass is 261 g/mol. The van der Waals surface area contributed by atoms with E-state index in [4.69, 9.17) is 4.74 Å². The van der Waals surface area contributed by atoms with Crippen molar-refractivity contribution in [1.82, 2.24) is 5.32 Å². The van der Waals surface area contributed by atoms with Crippen molar-refractivity contribution in [2.45, 2.75) is 58.3 Å². The Kier molecular flexibility index (Phi) is 5.87. The maximum atomic E-state index is 6.20. The third kappa shape index (κ3) is 4.32. The predicted octanol–water partition coefficient (Wildman–Crippen LogP) is 3.76. The predicted molar refractivity (Wildman–Crippen MR) is 80.1 cm³/mol. The topological polar surface area (TPSA) is 21.3 Å². The molecule has 0 aromatic heterocycles. The molecule has 0 radical (unpaired) electrons. The van der Waals surface area contributed by atoms with Crippen molar-refractivity contribution in [3.8, 4) is 0 Å². The van der Waals surface area contributed by atoms with Crippen molar-refractivity contribution >= 4 is 0 Å². The minimum Gasteiger partial charge on any atom is -0.372 e. The van der Waals surface area contributed by atoms with Gasteiger partial charge in [0, 0.05) is 6.04 Å². The Balaban J connectivity index is 1.89. The Morgan fingerprint density at radius 1 is 1.16 bits per heavy atom. The highest BCUT2D eigenvalue weighted by Crippen LogP contribution is 2.29. The largest absolute Gasteiger partial charge is 0.372 e. The van der Waals surface area contributed by atoms with Crippen LogP contribution >= 0.6 is 0 Å². The van der Waals surface area contributed by atoms with Gasteiger partial charge in [-0.2, -0.15) is 0 Å². The smallest absolute Gasteiger partial charge is 0.0735 e. The first-order valence-electron chi connectivity index (χ1n) is 7.72. The van der Waals surface area contributed by atoms with E-state index < -0.39 is 0 Å². The van der Waals surface area contributed by atoms with Crippen LogP contribution in [0.2, 0.25) is 0 Å². The van der Waals surface area contributed by atoms with E-state index in [1.54, 1.807) is 0 Å². The molecular weight excluding hydrogens is 234 g/mol. The molecule has 0 aliphatic heterocycles. The van der Waals surface area contributed by atoms with Crippen LogP contribution in [-0.4, -0.2) is 18.7 Å². The summed E-state index contributed by atoms with van der Waals surface area (Å²) in [6, 6.07) is 11.0. The Morgan fingerprint density at radius 2 is 1.95 bits per heavy atom. The van der Waals surface area contributed by atoms with Gasteiger partial charge in [0.05, 0.1) is 12.7 Å². The van der Waals surface area contributed by atoms with Gasteiger partial charge in [-0.25, -0.2) is 0 Å². The molecule has 2 nitrogen and oxygen atoms in total. The van der Waals surface area contributed by atoms with Gasteiger partial charge in [-0.15, -0.1) is 0 Å². The van der Waals surface area contributed by atoms with Gasteiger partial charge in [-0.1, -0.05) is 50.6 Å². The van der Waals surface area contributed by atoms with Gasteiger partial charge < -0.3 is 10.1 Å². The standard InChI is InChI=1S/C17H27NO/c1-3-14-10-11-16(18-4-2)17(12-14)19-13-15-8-6-5-7-9-15/h5-9,14,16-18H,3-4,10-13H2,1-2H3. The number of nitrogens with one attached hydrogen (secondary N) is 1. The fourth-order valence-electron chi connectivity index (χ4n) is 3.04. The number of benzene rings is 1. The van der Waals surface area contributed by atoms with Crippen LogP contribution in [0.4, 0.5) is 0 Å². The summed E-state index contributed by atoms with van der Waals surface area (Å²) in [5.74, 6) is 0.843. The molecule has 3 atom stereocenters. The molecule has 0 amide bonds. The molecule has 2 heteroatoms. The summed E-state index contributed by atoms with van der Waals surface area (Å²) in [4.78, 5) is 0. The summed E-state index contributed by atoms with van der Waals surface area (Å²) in [5.41, 5.74) is 1.27. The summed E-state index contributed by atoms with van der Waals surface area (Å²) in [6.45, 7) is 6.25. The van der Waals surface area contributed by atoms with Gasteiger partial charge in [0.15, 0.2) is 0 Å². The first-order valence-corrected chi connectivity index (χ1v) is 7.72. The molecule has 1 aromatic rings. The lowest BCUT2D eigenvalue weighted by Gasteiger charge is -2.36. The normalized spacial score (nSPS) is 27.4. The first kappa shape index (κ1) is 14.5. The zero-order valence-electron chi connectivity index (χ0n) is 12.3. The van der Waals surface area contributed by atoms with E-state index in [2.05, 4.69) is 49.5 Å². The van der Waals surface area contributed by atoms with E-state index in [1.165, 1.54) is 31.2 Å². The Bertz CT molecular complexity index is 352. The molecule has 1 aliphatic carbocycles. The molecule has 0 saturated heterocycles. The maximum Gasteiger partial charge on any atom is 0.0735 e. The highest BCUT2D eigenvalue weighted by Gasteiger charge is 2.29. The van der Waals surface area contributed by atoms with Crippen LogP contribution in [0.25, 0.3) is 0 Å². The van der Waals surface area contributed by atoms with Gasteiger partial charge in [-0.05, 0) is 37.3 Å². The second-order valence-electron chi connectivity index (χ2n) is 5.59. The van der Waals surface area contributed by atoms with Crippen LogP contribution in [0.3, 0.4) is 0 Å². The van der Waals surface area contributed by atoms with Crippen LogP contribution in [0.5, 0.6) is 0 Å². The molecule has 1 aromatic carbocycles. The number of likely N-dealkylation sites (N-methyl/N-ethyl adjacent to an activating group) is 1. The minimum absolute atomic E-state index is 0.374. The second kappa shape index (κ2) is 7.66. The maximum absolute atomic E-state index is 6.20. The van der Waals surface area contributed by atoms with Crippen LogP contribution in [0, 0.1) is 5.92 Å². The lowest BCUT2D eigenvalue weighted by Crippen LogP contribution is -2.45. The molecule has 3 unspecified atom stereocenters. The lowest BCUT2D eigenvalue weighted by atomic mass is 9.82. The van der Waals surface area contributed by atoms with E-state index >= 15 is 0 Å². The Hall–Kier alpha value is -0.860. The van der Waals surface area contributed by atoms with Crippen molar-refractivity contribution in [3.05, 3.63) is 35.9 Å². The van der Waals surface area contributed by atoms with Crippen molar-refractivity contribution < 1.29 is 4.74 Å². The molecule has 2 rings (SSSR count). The van der Waals surface area contributed by atoms with E-state index in [1.807, 2.05) is 0 Å². The third-order valence-corrected chi connectivity index (χ3v) is 4.25. The molecule has 1 saturated carbocycles. The Labute approximate surface area is 117 Å². The zero-order valence-corrected chi connectivity index (χ0v) is 12.3. The van der Waals surface area contributed by atoms with Gasteiger partial charge in [0.1, 0.15) is 0 Å². The lowest BCUT2D eigenvalue weighted by molar-refractivity contribution is -0.0199. The van der Waals surface area contributed by atoms with Crippen molar-refractivity contribution in [1.29, 1.82) is 0 Å².